The van der Waals surface area contributed by atoms with Crippen molar-refractivity contribution >= 4 is 23.1 Å². The summed E-state index contributed by atoms with van der Waals surface area (Å²) in [6.45, 7) is 2.61. The zero-order valence-corrected chi connectivity index (χ0v) is 10.3. The molecular formula is C12H13FN2OS. The summed E-state index contributed by atoms with van der Waals surface area (Å²) in [7, 11) is 0. The van der Waals surface area contributed by atoms with Crippen LogP contribution in [0.2, 0.25) is 0 Å². The molecule has 0 radical (unpaired) electrons. The standard InChI is InChI=1S/C12H13FN2OS/c1-2-3-6-15-11(16)9-7-8(13)4-5-10(9)14-12(15)17/h4-5,7H,2-3,6H2,1H3,(H,14,17). The fourth-order valence-corrected chi connectivity index (χ4v) is 2.03. The molecule has 0 saturated heterocycles. The highest BCUT2D eigenvalue weighted by Crippen LogP contribution is 2.09. The van der Waals surface area contributed by atoms with E-state index in [1.807, 2.05) is 6.92 Å². The van der Waals surface area contributed by atoms with Crippen LogP contribution in [0.5, 0.6) is 0 Å². The molecule has 2 aromatic rings. The zero-order chi connectivity index (χ0) is 12.4. The van der Waals surface area contributed by atoms with Gasteiger partial charge < -0.3 is 4.98 Å². The van der Waals surface area contributed by atoms with Crippen LogP contribution in [-0.2, 0) is 6.54 Å². The number of hydrogen-bond acceptors (Lipinski definition) is 2. The lowest BCUT2D eigenvalue weighted by atomic mass is 10.2. The van der Waals surface area contributed by atoms with Crippen LogP contribution in [0.25, 0.3) is 10.9 Å². The van der Waals surface area contributed by atoms with E-state index in [9.17, 15) is 9.18 Å². The van der Waals surface area contributed by atoms with Crippen molar-refractivity contribution in [3.05, 3.63) is 39.1 Å². The van der Waals surface area contributed by atoms with Crippen molar-refractivity contribution in [2.75, 3.05) is 0 Å². The first-order valence-electron chi connectivity index (χ1n) is 5.56. The Hall–Kier alpha value is -1.49. The summed E-state index contributed by atoms with van der Waals surface area (Å²) in [6.07, 6.45) is 1.85. The molecule has 1 aromatic heterocycles. The quantitative estimate of drug-likeness (QED) is 0.853. The zero-order valence-electron chi connectivity index (χ0n) is 9.50. The number of H-pyrrole nitrogens is 1. The van der Waals surface area contributed by atoms with E-state index in [0.717, 1.165) is 12.8 Å². The van der Waals surface area contributed by atoms with Crippen LogP contribution in [0, 0.1) is 10.6 Å². The Morgan fingerprint density at radius 2 is 2.24 bits per heavy atom. The number of unbranched alkanes of at least 4 members (excludes halogenated alkanes) is 1. The summed E-state index contributed by atoms with van der Waals surface area (Å²) in [5.41, 5.74) is 0.353. The highest BCUT2D eigenvalue weighted by Gasteiger charge is 2.06. The van der Waals surface area contributed by atoms with E-state index in [1.165, 1.54) is 22.8 Å². The summed E-state index contributed by atoms with van der Waals surface area (Å²) in [5.74, 6) is -0.415. The smallest absolute Gasteiger partial charge is 0.262 e. The van der Waals surface area contributed by atoms with Gasteiger partial charge in [0.25, 0.3) is 5.56 Å². The highest BCUT2D eigenvalue weighted by molar-refractivity contribution is 7.71. The monoisotopic (exact) mass is 252 g/mol. The van der Waals surface area contributed by atoms with Crippen molar-refractivity contribution in [2.24, 2.45) is 0 Å². The number of halogens is 1. The molecule has 1 N–H and O–H groups in total. The normalized spacial score (nSPS) is 10.9. The van der Waals surface area contributed by atoms with Crippen molar-refractivity contribution in [3.63, 3.8) is 0 Å². The fraction of sp³-hybridized carbons (Fsp3) is 0.333. The Morgan fingerprint density at radius 3 is 2.94 bits per heavy atom. The lowest BCUT2D eigenvalue weighted by molar-refractivity contribution is 0.599. The lowest BCUT2D eigenvalue weighted by Crippen LogP contribution is -2.22. The van der Waals surface area contributed by atoms with Crippen molar-refractivity contribution < 1.29 is 4.39 Å². The van der Waals surface area contributed by atoms with E-state index in [0.29, 0.717) is 22.2 Å². The van der Waals surface area contributed by atoms with Gasteiger partial charge in [-0.05, 0) is 36.8 Å². The van der Waals surface area contributed by atoms with Crippen LogP contribution < -0.4 is 5.56 Å². The first kappa shape index (κ1) is 12.0. The van der Waals surface area contributed by atoms with Crippen LogP contribution in [0.4, 0.5) is 4.39 Å². The Bertz CT molecular complexity index is 660. The van der Waals surface area contributed by atoms with Gasteiger partial charge in [0.15, 0.2) is 4.77 Å². The van der Waals surface area contributed by atoms with Gasteiger partial charge in [0, 0.05) is 6.54 Å². The molecule has 0 atom stereocenters. The maximum Gasteiger partial charge on any atom is 0.262 e. The SMILES string of the molecule is CCCCn1c(=S)[nH]c2ccc(F)cc2c1=O. The van der Waals surface area contributed by atoms with Crippen molar-refractivity contribution in [1.82, 2.24) is 9.55 Å². The maximum absolute atomic E-state index is 13.1. The molecule has 3 nitrogen and oxygen atoms in total. The van der Waals surface area contributed by atoms with Gasteiger partial charge in [-0.15, -0.1) is 0 Å². The Kier molecular flexibility index (Phi) is 3.38. The number of aromatic nitrogens is 2. The van der Waals surface area contributed by atoms with Gasteiger partial charge in [-0.25, -0.2) is 4.39 Å². The Morgan fingerprint density at radius 1 is 1.47 bits per heavy atom. The van der Waals surface area contributed by atoms with Gasteiger partial charge in [0.1, 0.15) is 5.82 Å². The molecule has 0 fully saturated rings. The second-order valence-corrected chi connectivity index (χ2v) is 4.32. The summed E-state index contributed by atoms with van der Waals surface area (Å²) in [5, 5.41) is 0.342. The molecule has 2 rings (SSSR count). The van der Waals surface area contributed by atoms with E-state index in [-0.39, 0.29) is 5.56 Å². The summed E-state index contributed by atoms with van der Waals surface area (Å²) in [6, 6.07) is 4.08. The third-order valence-electron chi connectivity index (χ3n) is 2.68. The molecule has 0 spiro atoms. The Labute approximate surface area is 103 Å². The van der Waals surface area contributed by atoms with Crippen LogP contribution >= 0.6 is 12.2 Å². The van der Waals surface area contributed by atoms with Crippen LogP contribution in [-0.4, -0.2) is 9.55 Å². The minimum Gasteiger partial charge on any atom is -0.332 e. The number of rotatable bonds is 3. The minimum atomic E-state index is -0.415. The largest absolute Gasteiger partial charge is 0.332 e. The predicted molar refractivity (Wildman–Crippen MR) is 68.3 cm³/mol. The average Bonchev–Trinajstić information content (AvgIpc) is 2.30. The summed E-state index contributed by atoms with van der Waals surface area (Å²) >= 11 is 5.13. The molecule has 0 aliphatic rings. The molecule has 1 heterocycles. The van der Waals surface area contributed by atoms with Gasteiger partial charge in [-0.3, -0.25) is 9.36 Å². The number of benzene rings is 1. The first-order valence-corrected chi connectivity index (χ1v) is 5.96. The van der Waals surface area contributed by atoms with E-state index >= 15 is 0 Å². The second kappa shape index (κ2) is 4.79. The minimum absolute atomic E-state index is 0.225. The predicted octanol–water partition coefficient (Wildman–Crippen LogP) is 3.00. The van der Waals surface area contributed by atoms with Crippen LogP contribution in [0.3, 0.4) is 0 Å². The Balaban J connectivity index is 2.69. The fourth-order valence-electron chi connectivity index (χ4n) is 1.74. The molecule has 0 saturated carbocycles. The number of nitrogens with zero attached hydrogens (tertiary/aromatic N) is 1. The number of fused-ring (bicyclic) bond motifs is 1. The third kappa shape index (κ3) is 2.29. The van der Waals surface area contributed by atoms with Crippen molar-refractivity contribution in [3.8, 4) is 0 Å². The molecule has 5 heteroatoms. The van der Waals surface area contributed by atoms with Gasteiger partial charge >= 0.3 is 0 Å². The molecular weight excluding hydrogens is 239 g/mol. The van der Waals surface area contributed by atoms with Crippen molar-refractivity contribution in [1.29, 1.82) is 0 Å². The van der Waals surface area contributed by atoms with Crippen LogP contribution in [0.15, 0.2) is 23.0 Å². The van der Waals surface area contributed by atoms with E-state index in [2.05, 4.69) is 4.98 Å². The molecule has 0 unspecified atom stereocenters. The topological polar surface area (TPSA) is 37.8 Å². The average molecular weight is 252 g/mol. The molecule has 17 heavy (non-hydrogen) atoms. The molecule has 1 aromatic carbocycles. The summed E-state index contributed by atoms with van der Waals surface area (Å²) in [4.78, 5) is 15.1. The highest BCUT2D eigenvalue weighted by atomic mass is 32.1. The number of nitrogens with one attached hydrogen (secondary N) is 1. The van der Waals surface area contributed by atoms with Gasteiger partial charge in [0.2, 0.25) is 0 Å². The molecule has 0 aliphatic carbocycles. The number of aromatic amines is 1. The van der Waals surface area contributed by atoms with Gasteiger partial charge in [-0.2, -0.15) is 0 Å². The number of hydrogen-bond donors (Lipinski definition) is 1. The van der Waals surface area contributed by atoms with Gasteiger partial charge in [-0.1, -0.05) is 13.3 Å². The van der Waals surface area contributed by atoms with E-state index < -0.39 is 5.82 Å². The van der Waals surface area contributed by atoms with E-state index in [1.54, 1.807) is 0 Å². The van der Waals surface area contributed by atoms with Gasteiger partial charge in [0.05, 0.1) is 10.9 Å². The second-order valence-electron chi connectivity index (χ2n) is 3.93. The lowest BCUT2D eigenvalue weighted by Gasteiger charge is -2.07. The van der Waals surface area contributed by atoms with Crippen molar-refractivity contribution in [2.45, 2.75) is 26.3 Å². The molecule has 0 bridgehead atoms. The third-order valence-corrected chi connectivity index (χ3v) is 3.00. The molecule has 0 aliphatic heterocycles. The maximum atomic E-state index is 13.1. The molecule has 0 amide bonds. The first-order chi connectivity index (χ1) is 8.13. The van der Waals surface area contributed by atoms with E-state index in [4.69, 9.17) is 12.2 Å². The van der Waals surface area contributed by atoms with Crippen LogP contribution in [0.1, 0.15) is 19.8 Å². The molecule has 90 valence electrons. The summed E-state index contributed by atoms with van der Waals surface area (Å²) < 4.78 is 15.0.